The van der Waals surface area contributed by atoms with Gasteiger partial charge in [-0.1, -0.05) is 12.1 Å². The number of esters is 2. The van der Waals surface area contributed by atoms with E-state index in [-0.39, 0.29) is 17.2 Å². The molecule has 0 radical (unpaired) electrons. The van der Waals surface area contributed by atoms with Crippen LogP contribution in [0.3, 0.4) is 0 Å². The summed E-state index contributed by atoms with van der Waals surface area (Å²) in [4.78, 5) is 48.9. The third-order valence-electron chi connectivity index (χ3n) is 4.34. The van der Waals surface area contributed by atoms with Crippen molar-refractivity contribution < 1.29 is 33.4 Å². The van der Waals surface area contributed by atoms with E-state index in [1.165, 1.54) is 0 Å². The number of benzene rings is 1. The molecular weight excluding hydrogens is 424 g/mol. The highest BCUT2D eigenvalue weighted by Crippen LogP contribution is 2.40. The molecular formula is C21H22N2O7S. The molecule has 1 aromatic carbocycles. The number of amides is 1. The minimum Gasteiger partial charge on any atom is -0.494 e. The Morgan fingerprint density at radius 1 is 1.16 bits per heavy atom. The molecule has 0 aliphatic carbocycles. The number of ether oxygens (including phenoxy) is 3. The lowest BCUT2D eigenvalue weighted by atomic mass is 9.78. The number of nitriles is 1. The van der Waals surface area contributed by atoms with E-state index < -0.39 is 41.2 Å². The Balaban J connectivity index is 2.46. The highest BCUT2D eigenvalue weighted by molar-refractivity contribution is 8.17. The summed E-state index contributed by atoms with van der Waals surface area (Å²) in [7, 11) is 1.15. The first kappa shape index (κ1) is 24.0. The third kappa shape index (κ3) is 5.86. The largest absolute Gasteiger partial charge is 0.494 e. The minimum atomic E-state index is -1.32. The molecule has 2 atom stereocenters. The Kier molecular flexibility index (Phi) is 8.63. The van der Waals surface area contributed by atoms with Crippen molar-refractivity contribution in [2.45, 2.75) is 26.2 Å². The van der Waals surface area contributed by atoms with Gasteiger partial charge in [-0.15, -0.1) is 0 Å². The highest BCUT2D eigenvalue weighted by Gasteiger charge is 2.44. The summed E-state index contributed by atoms with van der Waals surface area (Å²) in [5, 5.41) is 11.6. The smallest absolute Gasteiger partial charge is 0.319 e. The fourth-order valence-corrected chi connectivity index (χ4v) is 3.92. The molecule has 1 amide bonds. The van der Waals surface area contributed by atoms with Gasteiger partial charge in [0.05, 0.1) is 37.0 Å². The van der Waals surface area contributed by atoms with Gasteiger partial charge in [0, 0.05) is 5.92 Å². The first-order valence-electron chi connectivity index (χ1n) is 9.48. The van der Waals surface area contributed by atoms with Gasteiger partial charge in [0.1, 0.15) is 18.1 Å². The molecule has 0 aromatic heterocycles. The van der Waals surface area contributed by atoms with Gasteiger partial charge in [0.15, 0.2) is 0 Å². The lowest BCUT2D eigenvalue weighted by molar-refractivity contribution is -0.151. The SMILES string of the molecule is CCOC(=O)CC(=O)SC1=C(C#N)C(c2ccc(OCC)cc2)C(C(=O)OC)C(=O)N1. The van der Waals surface area contributed by atoms with E-state index in [0.29, 0.717) is 29.7 Å². The van der Waals surface area contributed by atoms with Crippen LogP contribution < -0.4 is 10.1 Å². The Morgan fingerprint density at radius 2 is 1.84 bits per heavy atom. The molecule has 1 aliphatic heterocycles. The minimum absolute atomic E-state index is 0.0152. The van der Waals surface area contributed by atoms with Crippen molar-refractivity contribution in [3.05, 3.63) is 40.4 Å². The van der Waals surface area contributed by atoms with Gasteiger partial charge in [-0.3, -0.25) is 19.2 Å². The number of rotatable bonds is 8. The average molecular weight is 446 g/mol. The molecule has 2 unspecified atom stereocenters. The molecule has 164 valence electrons. The number of carbonyl (C=O) groups is 4. The standard InChI is InChI=1S/C21H22N2O7S/c1-4-29-13-8-6-12(7-9-13)17-14(11-22)20(23-19(26)18(17)21(27)28-3)31-16(25)10-15(24)30-5-2/h6-9,17-18H,4-5,10H2,1-3H3,(H,23,26). The molecule has 0 fully saturated rings. The second-order valence-electron chi connectivity index (χ2n) is 6.28. The van der Waals surface area contributed by atoms with Gasteiger partial charge in [0.2, 0.25) is 11.0 Å². The molecule has 10 heteroatoms. The Morgan fingerprint density at radius 3 is 2.39 bits per heavy atom. The van der Waals surface area contributed by atoms with Crippen LogP contribution in [0.2, 0.25) is 0 Å². The van der Waals surface area contributed by atoms with Crippen molar-refractivity contribution >= 4 is 34.7 Å². The maximum atomic E-state index is 12.7. The molecule has 2 rings (SSSR count). The summed E-state index contributed by atoms with van der Waals surface area (Å²) in [5.74, 6) is -3.94. The van der Waals surface area contributed by atoms with Gasteiger partial charge < -0.3 is 19.5 Å². The molecule has 9 nitrogen and oxygen atoms in total. The molecule has 1 N–H and O–H groups in total. The van der Waals surface area contributed by atoms with Crippen LogP contribution in [0.1, 0.15) is 31.7 Å². The summed E-state index contributed by atoms with van der Waals surface area (Å²) in [6.07, 6.45) is -0.523. The van der Waals surface area contributed by atoms with E-state index >= 15 is 0 Å². The number of methoxy groups -OCH3 is 1. The Labute approximate surface area is 183 Å². The molecule has 0 bridgehead atoms. The highest BCUT2D eigenvalue weighted by atomic mass is 32.2. The normalized spacial score (nSPS) is 17.9. The molecule has 1 aliphatic rings. The van der Waals surface area contributed by atoms with E-state index in [2.05, 4.69) is 5.32 Å². The first-order valence-corrected chi connectivity index (χ1v) is 10.3. The maximum Gasteiger partial charge on any atom is 0.319 e. The molecule has 1 heterocycles. The topological polar surface area (TPSA) is 132 Å². The Hall–Kier alpha value is -3.32. The van der Waals surface area contributed by atoms with E-state index in [4.69, 9.17) is 14.2 Å². The predicted molar refractivity (Wildman–Crippen MR) is 110 cm³/mol. The van der Waals surface area contributed by atoms with Crippen molar-refractivity contribution in [3.8, 4) is 11.8 Å². The summed E-state index contributed by atoms with van der Waals surface area (Å²) >= 11 is 0.551. The molecule has 1 aromatic rings. The van der Waals surface area contributed by atoms with Crippen LogP contribution in [0.15, 0.2) is 34.9 Å². The van der Waals surface area contributed by atoms with Crippen LogP contribution in [0.5, 0.6) is 5.75 Å². The zero-order valence-electron chi connectivity index (χ0n) is 17.3. The van der Waals surface area contributed by atoms with Gasteiger partial charge in [-0.2, -0.15) is 5.26 Å². The van der Waals surface area contributed by atoms with Crippen LogP contribution in [-0.4, -0.2) is 43.3 Å². The van der Waals surface area contributed by atoms with E-state index in [1.807, 2.05) is 13.0 Å². The number of thioether (sulfide) groups is 1. The molecule has 0 spiro atoms. The Bertz CT molecular complexity index is 934. The van der Waals surface area contributed by atoms with Crippen LogP contribution in [0.4, 0.5) is 0 Å². The average Bonchev–Trinajstić information content (AvgIpc) is 2.73. The molecule has 31 heavy (non-hydrogen) atoms. The van der Waals surface area contributed by atoms with Crippen LogP contribution in [-0.2, 0) is 28.7 Å². The fourth-order valence-electron chi connectivity index (χ4n) is 3.06. The number of carbonyl (C=O) groups excluding carboxylic acids is 4. The van der Waals surface area contributed by atoms with Crippen LogP contribution >= 0.6 is 11.8 Å². The summed E-state index contributed by atoms with van der Waals surface area (Å²) < 4.78 is 14.9. The van der Waals surface area contributed by atoms with E-state index in [9.17, 15) is 24.4 Å². The van der Waals surface area contributed by atoms with Crippen molar-refractivity contribution in [2.75, 3.05) is 20.3 Å². The summed E-state index contributed by atoms with van der Waals surface area (Å²) in [6, 6.07) is 8.60. The van der Waals surface area contributed by atoms with E-state index in [1.54, 1.807) is 31.2 Å². The zero-order chi connectivity index (χ0) is 23.0. The van der Waals surface area contributed by atoms with Crippen LogP contribution in [0.25, 0.3) is 0 Å². The van der Waals surface area contributed by atoms with Crippen molar-refractivity contribution in [1.82, 2.24) is 5.32 Å². The lowest BCUT2D eigenvalue weighted by Gasteiger charge is -2.30. The zero-order valence-corrected chi connectivity index (χ0v) is 18.1. The number of nitrogens with zero attached hydrogens (tertiary/aromatic N) is 1. The van der Waals surface area contributed by atoms with Gasteiger partial charge in [-0.25, -0.2) is 0 Å². The lowest BCUT2D eigenvalue weighted by Crippen LogP contribution is -2.44. The second-order valence-corrected chi connectivity index (χ2v) is 7.35. The van der Waals surface area contributed by atoms with Gasteiger partial charge in [0.25, 0.3) is 0 Å². The van der Waals surface area contributed by atoms with Crippen LogP contribution in [0, 0.1) is 17.2 Å². The first-order chi connectivity index (χ1) is 14.9. The number of nitrogens with one attached hydrogen (secondary N) is 1. The van der Waals surface area contributed by atoms with Crippen molar-refractivity contribution in [1.29, 1.82) is 5.26 Å². The van der Waals surface area contributed by atoms with Gasteiger partial charge in [-0.05, 0) is 43.3 Å². The van der Waals surface area contributed by atoms with Crippen molar-refractivity contribution in [3.63, 3.8) is 0 Å². The number of hydrogen-bond acceptors (Lipinski definition) is 9. The monoisotopic (exact) mass is 446 g/mol. The predicted octanol–water partition coefficient (Wildman–Crippen LogP) is 2.04. The third-order valence-corrected chi connectivity index (χ3v) is 5.24. The number of allylic oxidation sites excluding steroid dienone is 1. The summed E-state index contributed by atoms with van der Waals surface area (Å²) in [5.41, 5.74) is 0.516. The fraction of sp³-hybridized carbons (Fsp3) is 0.381. The number of hydrogen-bond donors (Lipinski definition) is 1. The van der Waals surface area contributed by atoms with Gasteiger partial charge >= 0.3 is 11.9 Å². The maximum absolute atomic E-state index is 12.7. The molecule has 0 saturated heterocycles. The summed E-state index contributed by atoms with van der Waals surface area (Å²) in [6.45, 7) is 4.03. The second kappa shape index (κ2) is 11.2. The molecule has 0 saturated carbocycles. The van der Waals surface area contributed by atoms with Crippen molar-refractivity contribution in [2.24, 2.45) is 5.92 Å². The van der Waals surface area contributed by atoms with E-state index in [0.717, 1.165) is 7.11 Å². The quantitative estimate of drug-likeness (QED) is 0.470.